The van der Waals surface area contributed by atoms with Gasteiger partial charge in [-0.05, 0) is 31.5 Å². The van der Waals surface area contributed by atoms with E-state index in [2.05, 4.69) is 51.6 Å². The summed E-state index contributed by atoms with van der Waals surface area (Å²) >= 11 is 0. The second-order valence-electron chi connectivity index (χ2n) is 5.84. The van der Waals surface area contributed by atoms with Crippen molar-refractivity contribution in [3.05, 3.63) is 66.5 Å². The van der Waals surface area contributed by atoms with Crippen molar-refractivity contribution in [1.82, 2.24) is 15.0 Å². The molecule has 0 radical (unpaired) electrons. The van der Waals surface area contributed by atoms with Crippen LogP contribution in [0.1, 0.15) is 19.4 Å². The van der Waals surface area contributed by atoms with E-state index in [-0.39, 0.29) is 6.04 Å². The maximum atomic E-state index is 4.61. The van der Waals surface area contributed by atoms with E-state index in [0.29, 0.717) is 5.95 Å². The molecule has 0 atom stereocenters. The van der Waals surface area contributed by atoms with Gasteiger partial charge >= 0.3 is 0 Å². The molecule has 122 valence electrons. The van der Waals surface area contributed by atoms with Gasteiger partial charge in [-0.25, -0.2) is 4.98 Å². The van der Waals surface area contributed by atoms with E-state index in [4.69, 9.17) is 0 Å². The molecule has 3 aromatic rings. The molecule has 0 aliphatic rings. The van der Waals surface area contributed by atoms with Gasteiger partial charge in [-0.1, -0.05) is 30.3 Å². The van der Waals surface area contributed by atoms with Gasteiger partial charge in [0.05, 0.1) is 5.69 Å². The third kappa shape index (κ3) is 4.29. The lowest BCUT2D eigenvalue weighted by Gasteiger charge is -2.13. The third-order valence-electron chi connectivity index (χ3n) is 3.44. The van der Waals surface area contributed by atoms with E-state index in [0.717, 1.165) is 23.6 Å². The molecule has 5 heteroatoms. The minimum absolute atomic E-state index is 0.264. The van der Waals surface area contributed by atoms with E-state index in [1.165, 1.54) is 5.56 Å². The first-order valence-electron chi connectivity index (χ1n) is 8.04. The largest absolute Gasteiger partial charge is 0.366 e. The predicted octanol–water partition coefficient (Wildman–Crippen LogP) is 3.97. The highest BCUT2D eigenvalue weighted by molar-refractivity contribution is 5.64. The minimum Gasteiger partial charge on any atom is -0.366 e. The highest BCUT2D eigenvalue weighted by atomic mass is 15.1. The first kappa shape index (κ1) is 15.9. The van der Waals surface area contributed by atoms with Crippen LogP contribution in [0.25, 0.3) is 11.3 Å². The van der Waals surface area contributed by atoms with Crippen LogP contribution >= 0.6 is 0 Å². The molecule has 0 saturated carbocycles. The summed E-state index contributed by atoms with van der Waals surface area (Å²) in [5, 5.41) is 6.65. The summed E-state index contributed by atoms with van der Waals surface area (Å²) in [6.45, 7) is 4.85. The van der Waals surface area contributed by atoms with Crippen LogP contribution in [0.4, 0.5) is 11.8 Å². The quantitative estimate of drug-likeness (QED) is 0.720. The Hall–Kier alpha value is -2.95. The molecule has 0 fully saturated rings. The molecule has 0 aliphatic heterocycles. The predicted molar refractivity (Wildman–Crippen MR) is 97.8 cm³/mol. The van der Waals surface area contributed by atoms with Crippen LogP contribution in [0.5, 0.6) is 0 Å². The fraction of sp³-hybridized carbons (Fsp3) is 0.211. The molecule has 0 unspecified atom stereocenters. The van der Waals surface area contributed by atoms with Crippen LogP contribution in [0.3, 0.4) is 0 Å². The number of nitrogens with zero attached hydrogens (tertiary/aromatic N) is 3. The summed E-state index contributed by atoms with van der Waals surface area (Å²) in [7, 11) is 0. The zero-order valence-electron chi connectivity index (χ0n) is 13.9. The minimum atomic E-state index is 0.264. The topological polar surface area (TPSA) is 62.7 Å². The molecule has 3 rings (SSSR count). The highest BCUT2D eigenvalue weighted by Gasteiger charge is 2.08. The highest BCUT2D eigenvalue weighted by Crippen LogP contribution is 2.21. The lowest BCUT2D eigenvalue weighted by atomic mass is 10.2. The smallest absolute Gasteiger partial charge is 0.225 e. The lowest BCUT2D eigenvalue weighted by Crippen LogP contribution is -2.14. The van der Waals surface area contributed by atoms with Crippen LogP contribution in [-0.2, 0) is 6.54 Å². The molecule has 0 bridgehead atoms. The number of hydrogen-bond donors (Lipinski definition) is 2. The van der Waals surface area contributed by atoms with E-state index in [9.17, 15) is 0 Å². The van der Waals surface area contributed by atoms with Gasteiger partial charge in [0.25, 0.3) is 0 Å². The average molecular weight is 319 g/mol. The van der Waals surface area contributed by atoms with Gasteiger partial charge in [0, 0.05) is 36.6 Å². The van der Waals surface area contributed by atoms with Gasteiger partial charge in [-0.3, -0.25) is 4.98 Å². The Kier molecular flexibility index (Phi) is 5.01. The van der Waals surface area contributed by atoms with Crippen molar-refractivity contribution >= 4 is 11.8 Å². The van der Waals surface area contributed by atoms with E-state index < -0.39 is 0 Å². The molecule has 1 aromatic carbocycles. The van der Waals surface area contributed by atoms with Crippen LogP contribution < -0.4 is 10.6 Å². The number of benzene rings is 1. The first-order valence-corrected chi connectivity index (χ1v) is 8.04. The molecule has 0 aliphatic carbocycles. The normalized spacial score (nSPS) is 10.6. The molecule has 24 heavy (non-hydrogen) atoms. The summed E-state index contributed by atoms with van der Waals surface area (Å²) in [4.78, 5) is 13.2. The summed E-state index contributed by atoms with van der Waals surface area (Å²) in [6, 6.07) is 16.4. The second-order valence-corrected chi connectivity index (χ2v) is 5.84. The maximum absolute atomic E-state index is 4.61. The monoisotopic (exact) mass is 319 g/mol. The summed E-state index contributed by atoms with van der Waals surface area (Å²) in [5.74, 6) is 1.42. The summed E-state index contributed by atoms with van der Waals surface area (Å²) in [6.07, 6.45) is 3.54. The molecule has 0 spiro atoms. The summed E-state index contributed by atoms with van der Waals surface area (Å²) < 4.78 is 0. The number of rotatable bonds is 6. The fourth-order valence-electron chi connectivity index (χ4n) is 2.32. The van der Waals surface area contributed by atoms with Crippen molar-refractivity contribution in [1.29, 1.82) is 0 Å². The van der Waals surface area contributed by atoms with Gasteiger partial charge in [-0.2, -0.15) is 4.98 Å². The molecular formula is C19H21N5. The first-order chi connectivity index (χ1) is 11.7. The van der Waals surface area contributed by atoms with Gasteiger partial charge in [0.15, 0.2) is 0 Å². The molecule has 5 nitrogen and oxygen atoms in total. The Labute approximate surface area is 142 Å². The van der Waals surface area contributed by atoms with E-state index >= 15 is 0 Å². The van der Waals surface area contributed by atoms with Gasteiger partial charge in [-0.15, -0.1) is 0 Å². The zero-order chi connectivity index (χ0) is 16.8. The van der Waals surface area contributed by atoms with Crippen molar-refractivity contribution in [3.8, 4) is 11.3 Å². The molecule has 2 aromatic heterocycles. The molecule has 2 N–H and O–H groups in total. The number of anilines is 2. The average Bonchev–Trinajstić information content (AvgIpc) is 2.61. The Balaban J connectivity index is 1.87. The number of aromatic nitrogens is 3. The third-order valence-corrected chi connectivity index (χ3v) is 3.44. The van der Waals surface area contributed by atoms with Crippen molar-refractivity contribution in [3.63, 3.8) is 0 Å². The summed E-state index contributed by atoms with van der Waals surface area (Å²) in [5.41, 5.74) is 3.09. The van der Waals surface area contributed by atoms with Gasteiger partial charge < -0.3 is 10.6 Å². The number of nitrogens with one attached hydrogen (secondary N) is 2. The zero-order valence-corrected chi connectivity index (χ0v) is 13.9. The number of hydrogen-bond acceptors (Lipinski definition) is 5. The van der Waals surface area contributed by atoms with E-state index in [1.807, 2.05) is 36.4 Å². The SMILES string of the molecule is CC(C)Nc1nc(NCc2ccccc2)cc(-c2ccncc2)n1. The van der Waals surface area contributed by atoms with Crippen molar-refractivity contribution in [2.45, 2.75) is 26.4 Å². The number of pyridine rings is 1. The Bertz CT molecular complexity index is 772. The van der Waals surface area contributed by atoms with Gasteiger partial charge in [0.1, 0.15) is 5.82 Å². The van der Waals surface area contributed by atoms with E-state index in [1.54, 1.807) is 12.4 Å². The van der Waals surface area contributed by atoms with Crippen LogP contribution in [-0.4, -0.2) is 21.0 Å². The molecule has 0 amide bonds. The molecule has 2 heterocycles. The molecule has 0 saturated heterocycles. The fourth-order valence-corrected chi connectivity index (χ4v) is 2.32. The van der Waals surface area contributed by atoms with Crippen LogP contribution in [0.15, 0.2) is 60.9 Å². The Morgan fingerprint density at radius 2 is 1.71 bits per heavy atom. The van der Waals surface area contributed by atoms with Crippen molar-refractivity contribution in [2.24, 2.45) is 0 Å². The van der Waals surface area contributed by atoms with Crippen LogP contribution in [0, 0.1) is 0 Å². The maximum Gasteiger partial charge on any atom is 0.225 e. The second kappa shape index (κ2) is 7.55. The Morgan fingerprint density at radius 1 is 0.958 bits per heavy atom. The lowest BCUT2D eigenvalue weighted by molar-refractivity contribution is 0.874. The van der Waals surface area contributed by atoms with Crippen molar-refractivity contribution < 1.29 is 0 Å². The van der Waals surface area contributed by atoms with Gasteiger partial charge in [0.2, 0.25) is 5.95 Å². The standard InChI is InChI=1S/C19H21N5/c1-14(2)22-19-23-17(16-8-10-20-11-9-16)12-18(24-19)21-13-15-6-4-3-5-7-15/h3-12,14H,13H2,1-2H3,(H2,21,22,23,24). The van der Waals surface area contributed by atoms with Crippen LogP contribution in [0.2, 0.25) is 0 Å². The molecular weight excluding hydrogens is 298 g/mol. The Morgan fingerprint density at radius 3 is 2.42 bits per heavy atom. The van der Waals surface area contributed by atoms with Crippen molar-refractivity contribution in [2.75, 3.05) is 10.6 Å².